The van der Waals surface area contributed by atoms with Crippen molar-refractivity contribution >= 4 is 33.3 Å². The summed E-state index contributed by atoms with van der Waals surface area (Å²) in [4.78, 5) is 13.2. The Hall–Kier alpha value is -3.08. The monoisotopic (exact) mass is 400 g/mol. The van der Waals surface area contributed by atoms with Crippen LogP contribution in [-0.2, 0) is 13.0 Å². The Morgan fingerprint density at radius 1 is 0.867 bits per heavy atom. The standard InChI is InChI=1S/C25H25FN4/c26-18-5-7-23-20(15-18)21-16-30(13-10-24(21)27-23)19-6-8-22-17(14-19)4-9-25(28-22)29-11-2-1-3-12-29/h4-9,14-15,27H,1-3,10-13,16H2. The molecule has 4 heterocycles. The number of anilines is 2. The molecule has 2 aromatic heterocycles. The first-order valence-electron chi connectivity index (χ1n) is 10.9. The molecule has 0 radical (unpaired) electrons. The summed E-state index contributed by atoms with van der Waals surface area (Å²) in [6.45, 7) is 3.96. The van der Waals surface area contributed by atoms with E-state index in [-0.39, 0.29) is 5.82 Å². The van der Waals surface area contributed by atoms with Crippen LogP contribution in [0.5, 0.6) is 0 Å². The average Bonchev–Trinajstić information content (AvgIpc) is 3.16. The molecular formula is C25H25FN4. The largest absolute Gasteiger partial charge is 0.367 e. The van der Waals surface area contributed by atoms with Gasteiger partial charge >= 0.3 is 0 Å². The minimum atomic E-state index is -0.178. The third kappa shape index (κ3) is 3.00. The summed E-state index contributed by atoms with van der Waals surface area (Å²) in [5, 5.41) is 2.17. The first-order chi connectivity index (χ1) is 14.7. The van der Waals surface area contributed by atoms with E-state index in [0.717, 1.165) is 54.8 Å². The molecule has 6 rings (SSSR count). The van der Waals surface area contributed by atoms with Gasteiger partial charge in [0.2, 0.25) is 0 Å². The van der Waals surface area contributed by atoms with Crippen LogP contribution in [0.4, 0.5) is 15.9 Å². The number of aromatic amines is 1. The minimum absolute atomic E-state index is 0.178. The van der Waals surface area contributed by atoms with Crippen LogP contribution in [0, 0.1) is 5.82 Å². The molecule has 0 atom stereocenters. The van der Waals surface area contributed by atoms with Crippen LogP contribution < -0.4 is 9.80 Å². The Balaban J connectivity index is 1.31. The summed E-state index contributed by atoms with van der Waals surface area (Å²) < 4.78 is 13.8. The predicted octanol–water partition coefficient (Wildman–Crippen LogP) is 5.41. The van der Waals surface area contributed by atoms with E-state index in [1.807, 2.05) is 6.07 Å². The van der Waals surface area contributed by atoms with Crippen molar-refractivity contribution in [2.45, 2.75) is 32.2 Å². The Bertz CT molecular complexity index is 1240. The highest BCUT2D eigenvalue weighted by molar-refractivity contribution is 5.87. The maximum atomic E-state index is 13.8. The van der Waals surface area contributed by atoms with Gasteiger partial charge in [0.25, 0.3) is 0 Å². The van der Waals surface area contributed by atoms with Crippen LogP contribution in [0.2, 0.25) is 0 Å². The third-order valence-electron chi connectivity index (χ3n) is 6.64. The lowest BCUT2D eigenvalue weighted by atomic mass is 10.0. The van der Waals surface area contributed by atoms with Crippen LogP contribution in [0.1, 0.15) is 30.5 Å². The van der Waals surface area contributed by atoms with Gasteiger partial charge in [0.1, 0.15) is 11.6 Å². The number of nitrogens with zero attached hydrogens (tertiary/aromatic N) is 3. The maximum Gasteiger partial charge on any atom is 0.129 e. The van der Waals surface area contributed by atoms with Gasteiger partial charge in [0, 0.05) is 65.8 Å². The second-order valence-corrected chi connectivity index (χ2v) is 8.54. The quantitative estimate of drug-likeness (QED) is 0.489. The van der Waals surface area contributed by atoms with Crippen molar-refractivity contribution in [3.63, 3.8) is 0 Å². The summed E-state index contributed by atoms with van der Waals surface area (Å²) in [6, 6.07) is 15.9. The molecule has 0 spiro atoms. The van der Waals surface area contributed by atoms with Gasteiger partial charge in [-0.05, 0) is 67.8 Å². The van der Waals surface area contributed by atoms with Gasteiger partial charge < -0.3 is 14.8 Å². The van der Waals surface area contributed by atoms with Gasteiger partial charge in [-0.25, -0.2) is 9.37 Å². The van der Waals surface area contributed by atoms with Crippen molar-refractivity contribution in [3.8, 4) is 0 Å². The number of H-pyrrole nitrogens is 1. The number of aromatic nitrogens is 2. The number of rotatable bonds is 2. The normalized spacial score (nSPS) is 17.0. The number of hydrogen-bond acceptors (Lipinski definition) is 3. The number of piperidine rings is 1. The molecule has 5 heteroatoms. The zero-order valence-corrected chi connectivity index (χ0v) is 17.0. The van der Waals surface area contributed by atoms with Gasteiger partial charge in [-0.3, -0.25) is 0 Å². The van der Waals surface area contributed by atoms with Crippen molar-refractivity contribution < 1.29 is 4.39 Å². The summed E-state index contributed by atoms with van der Waals surface area (Å²) in [6.07, 6.45) is 4.78. The lowest BCUT2D eigenvalue weighted by Crippen LogP contribution is -2.30. The van der Waals surface area contributed by atoms with Crippen LogP contribution in [-0.4, -0.2) is 29.6 Å². The number of hydrogen-bond donors (Lipinski definition) is 1. The fourth-order valence-corrected chi connectivity index (χ4v) is 5.00. The molecule has 1 N–H and O–H groups in total. The number of benzene rings is 2. The molecule has 4 aromatic rings. The average molecular weight is 401 g/mol. The summed E-state index contributed by atoms with van der Waals surface area (Å²) in [5.41, 5.74) is 5.73. The highest BCUT2D eigenvalue weighted by Crippen LogP contribution is 2.32. The maximum absolute atomic E-state index is 13.8. The number of pyridine rings is 1. The fourth-order valence-electron chi connectivity index (χ4n) is 5.00. The van der Waals surface area contributed by atoms with E-state index in [9.17, 15) is 4.39 Å². The van der Waals surface area contributed by atoms with E-state index in [1.54, 1.807) is 6.07 Å². The van der Waals surface area contributed by atoms with E-state index in [1.165, 1.54) is 47.7 Å². The zero-order valence-electron chi connectivity index (χ0n) is 17.0. The van der Waals surface area contributed by atoms with E-state index in [4.69, 9.17) is 4.98 Å². The molecule has 152 valence electrons. The molecular weight excluding hydrogens is 375 g/mol. The third-order valence-corrected chi connectivity index (χ3v) is 6.64. The topological polar surface area (TPSA) is 35.2 Å². The molecule has 4 nitrogen and oxygen atoms in total. The van der Waals surface area contributed by atoms with Crippen molar-refractivity contribution in [2.75, 3.05) is 29.4 Å². The highest BCUT2D eigenvalue weighted by Gasteiger charge is 2.21. The molecule has 0 unspecified atom stereocenters. The van der Waals surface area contributed by atoms with Crippen LogP contribution in [0.3, 0.4) is 0 Å². The molecule has 1 saturated heterocycles. The van der Waals surface area contributed by atoms with Crippen LogP contribution >= 0.6 is 0 Å². The zero-order chi connectivity index (χ0) is 20.1. The van der Waals surface area contributed by atoms with Crippen molar-refractivity contribution in [2.24, 2.45) is 0 Å². The van der Waals surface area contributed by atoms with Crippen molar-refractivity contribution in [1.29, 1.82) is 0 Å². The van der Waals surface area contributed by atoms with Gasteiger partial charge in [-0.15, -0.1) is 0 Å². The van der Waals surface area contributed by atoms with E-state index >= 15 is 0 Å². The smallest absolute Gasteiger partial charge is 0.129 e. The summed E-state index contributed by atoms with van der Waals surface area (Å²) in [5.74, 6) is 0.918. The first-order valence-corrected chi connectivity index (χ1v) is 10.9. The van der Waals surface area contributed by atoms with Gasteiger partial charge in [-0.2, -0.15) is 0 Å². The highest BCUT2D eigenvalue weighted by atomic mass is 19.1. The molecule has 2 aliphatic heterocycles. The van der Waals surface area contributed by atoms with Crippen molar-refractivity contribution in [3.05, 3.63) is 65.6 Å². The Labute approximate surface area is 175 Å². The molecule has 30 heavy (non-hydrogen) atoms. The molecule has 0 saturated carbocycles. The van der Waals surface area contributed by atoms with Crippen LogP contribution in [0.15, 0.2) is 48.5 Å². The summed E-state index contributed by atoms with van der Waals surface area (Å²) >= 11 is 0. The second kappa shape index (κ2) is 7.01. The first kappa shape index (κ1) is 17.8. The van der Waals surface area contributed by atoms with Crippen molar-refractivity contribution in [1.82, 2.24) is 9.97 Å². The molecule has 1 fully saturated rings. The van der Waals surface area contributed by atoms with Crippen LogP contribution in [0.25, 0.3) is 21.8 Å². The Morgan fingerprint density at radius 2 is 1.77 bits per heavy atom. The van der Waals surface area contributed by atoms with E-state index < -0.39 is 0 Å². The number of nitrogens with one attached hydrogen (secondary N) is 1. The molecule has 2 aliphatic rings. The Kier molecular flexibility index (Phi) is 4.15. The van der Waals surface area contributed by atoms with Gasteiger partial charge in [0.15, 0.2) is 0 Å². The lowest BCUT2D eigenvalue weighted by Gasteiger charge is -2.30. The van der Waals surface area contributed by atoms with E-state index in [0.29, 0.717) is 0 Å². The fraction of sp³-hybridized carbons (Fsp3) is 0.320. The molecule has 0 bridgehead atoms. The number of fused-ring (bicyclic) bond motifs is 4. The Morgan fingerprint density at radius 3 is 2.67 bits per heavy atom. The second-order valence-electron chi connectivity index (χ2n) is 8.54. The van der Waals surface area contributed by atoms with Gasteiger partial charge in [0.05, 0.1) is 5.52 Å². The number of halogens is 1. The SMILES string of the molecule is Fc1ccc2[nH]c3c(c2c1)CN(c1ccc2nc(N4CCCCC4)ccc2c1)CC3. The van der Waals surface area contributed by atoms with E-state index in [2.05, 4.69) is 45.1 Å². The summed E-state index contributed by atoms with van der Waals surface area (Å²) in [7, 11) is 0. The molecule has 2 aromatic carbocycles. The minimum Gasteiger partial charge on any atom is -0.367 e. The van der Waals surface area contributed by atoms with Gasteiger partial charge in [-0.1, -0.05) is 0 Å². The molecule has 0 aliphatic carbocycles. The lowest BCUT2D eigenvalue weighted by molar-refractivity contribution is 0.574. The predicted molar refractivity (Wildman–Crippen MR) is 121 cm³/mol. The molecule has 0 amide bonds.